The van der Waals surface area contributed by atoms with E-state index in [2.05, 4.69) is 0 Å². The molecule has 5 N–H and O–H groups in total. The molecule has 0 aromatic heterocycles. The van der Waals surface area contributed by atoms with Crippen molar-refractivity contribution in [3.63, 3.8) is 0 Å². The van der Waals surface area contributed by atoms with Crippen molar-refractivity contribution >= 4 is 42.2 Å². The zero-order valence-electron chi connectivity index (χ0n) is 8.64. The first-order chi connectivity index (χ1) is 5.70. The number of rotatable bonds is 3. The van der Waals surface area contributed by atoms with Gasteiger partial charge in [-0.1, -0.05) is 12.1 Å². The third-order valence-corrected chi connectivity index (χ3v) is 2.25. The van der Waals surface area contributed by atoms with Gasteiger partial charge in [0.25, 0.3) is 0 Å². The van der Waals surface area contributed by atoms with E-state index >= 15 is 0 Å². The molecular formula is C8H11NaO5SSb. The maximum atomic E-state index is 10.1. The number of aliphatic carboxylic acids is 1. The summed E-state index contributed by atoms with van der Waals surface area (Å²) in [5.41, 5.74) is 0. The first kappa shape index (κ1) is 25.4. The molecule has 0 atom stereocenters. The fraction of sp³-hybridized carbons (Fsp3) is 0.125. The van der Waals surface area contributed by atoms with E-state index in [-0.39, 0.29) is 76.4 Å². The summed E-state index contributed by atoms with van der Waals surface area (Å²) in [4.78, 5) is 10.6. The molecule has 0 bridgehead atoms. The number of carboxylic acid groups (broad SMARTS) is 1. The second kappa shape index (κ2) is 13.6. The molecule has 0 heterocycles. The van der Waals surface area contributed by atoms with Crippen molar-refractivity contribution < 1.29 is 55.5 Å². The minimum atomic E-state index is -1.14. The van der Waals surface area contributed by atoms with Gasteiger partial charge in [-0.25, -0.2) is 0 Å². The van der Waals surface area contributed by atoms with Gasteiger partial charge in [-0.3, -0.25) is 0 Å². The minimum Gasteiger partial charge on any atom is -0.549 e. The normalized spacial score (nSPS) is 7.25. The van der Waals surface area contributed by atoms with Gasteiger partial charge in [0.2, 0.25) is 0 Å². The van der Waals surface area contributed by atoms with E-state index in [4.69, 9.17) is 0 Å². The van der Waals surface area contributed by atoms with Crippen molar-refractivity contribution in [2.24, 2.45) is 0 Å². The van der Waals surface area contributed by atoms with Gasteiger partial charge in [0.15, 0.2) is 0 Å². The number of thioether (sulfide) groups is 1. The molecule has 0 aliphatic heterocycles. The second-order valence-electron chi connectivity index (χ2n) is 2.13. The van der Waals surface area contributed by atoms with E-state index in [1.165, 1.54) is 6.07 Å². The Morgan fingerprint density at radius 1 is 1.31 bits per heavy atom. The molecular weight excluding hydrogens is 353 g/mol. The van der Waals surface area contributed by atoms with Crippen LogP contribution in [-0.4, -0.2) is 52.2 Å². The molecule has 0 aliphatic rings. The molecule has 1 aromatic rings. The summed E-state index contributed by atoms with van der Waals surface area (Å²) >= 11 is 1.04. The Bertz CT molecular complexity index is 300. The zero-order valence-corrected chi connectivity index (χ0v) is 14.0. The van der Waals surface area contributed by atoms with Crippen molar-refractivity contribution in [2.45, 2.75) is 4.90 Å². The Morgan fingerprint density at radius 3 is 2.25 bits per heavy atom. The Morgan fingerprint density at radius 2 is 1.81 bits per heavy atom. The molecule has 1 aromatic carbocycles. The van der Waals surface area contributed by atoms with Gasteiger partial charge < -0.3 is 26.0 Å². The van der Waals surface area contributed by atoms with E-state index in [1.807, 2.05) is 0 Å². The number of para-hydroxylation sites is 1. The number of phenolic OH excluding ortho intramolecular Hbond substituents is 1. The smallest absolute Gasteiger partial charge is 0.549 e. The van der Waals surface area contributed by atoms with Gasteiger partial charge in [0.1, 0.15) is 5.75 Å². The van der Waals surface area contributed by atoms with Crippen LogP contribution in [-0.2, 0) is 4.79 Å². The maximum Gasteiger partial charge on any atom is 1.00 e. The van der Waals surface area contributed by atoms with Crippen LogP contribution in [0.4, 0.5) is 0 Å². The van der Waals surface area contributed by atoms with Crippen LogP contribution < -0.4 is 34.7 Å². The first-order valence-corrected chi connectivity index (χ1v) is 4.29. The van der Waals surface area contributed by atoms with Gasteiger partial charge in [0, 0.05) is 35.1 Å². The van der Waals surface area contributed by atoms with E-state index < -0.39 is 5.97 Å². The molecule has 3 radical (unpaired) electrons. The summed E-state index contributed by atoms with van der Waals surface area (Å²) in [7, 11) is 0. The van der Waals surface area contributed by atoms with Gasteiger partial charge >= 0.3 is 29.6 Å². The summed E-state index contributed by atoms with van der Waals surface area (Å²) in [5.74, 6) is -1.18. The van der Waals surface area contributed by atoms with Crippen LogP contribution in [0, 0.1) is 0 Å². The van der Waals surface area contributed by atoms with Crippen molar-refractivity contribution in [2.75, 3.05) is 5.75 Å². The number of carboxylic acids is 1. The predicted molar refractivity (Wildman–Crippen MR) is 56.8 cm³/mol. The molecule has 0 aliphatic carbocycles. The summed E-state index contributed by atoms with van der Waals surface area (Å²) in [6, 6.07) is 6.58. The van der Waals surface area contributed by atoms with E-state index in [0.717, 1.165) is 11.8 Å². The van der Waals surface area contributed by atoms with Crippen LogP contribution in [0.2, 0.25) is 0 Å². The van der Waals surface area contributed by atoms with Crippen LogP contribution in [0.5, 0.6) is 5.75 Å². The molecule has 0 spiro atoms. The fourth-order valence-electron chi connectivity index (χ4n) is 0.716. The number of hydrogen-bond donors (Lipinski definition) is 1. The average molecular weight is 364 g/mol. The summed E-state index contributed by atoms with van der Waals surface area (Å²) in [5, 5.41) is 19.3. The number of benzene rings is 1. The third-order valence-electron chi connectivity index (χ3n) is 1.21. The molecule has 0 unspecified atom stereocenters. The van der Waals surface area contributed by atoms with Crippen LogP contribution in [0.15, 0.2) is 29.2 Å². The minimum absolute atomic E-state index is 0. The molecule has 0 fully saturated rings. The Labute approximate surface area is 137 Å². The Kier molecular flexibility index (Phi) is 21.7. The Hall–Kier alpha value is 0.578. The standard InChI is InChI=1S/C8H8O3S.Na.2H2O.Sb/c9-6-3-1-2-4-7(6)12-5-8(10)11;;;;/h1-4,9H,5H2,(H,10,11);;2*1H2;/q;+1;;;/p-1. The van der Waals surface area contributed by atoms with Crippen molar-refractivity contribution in [3.8, 4) is 5.75 Å². The molecule has 5 nitrogen and oxygen atoms in total. The number of carbonyl (C=O) groups is 1. The van der Waals surface area contributed by atoms with Crippen molar-refractivity contribution in [1.29, 1.82) is 0 Å². The van der Waals surface area contributed by atoms with Crippen molar-refractivity contribution in [3.05, 3.63) is 24.3 Å². The molecule has 0 saturated heterocycles. The molecule has 0 amide bonds. The summed E-state index contributed by atoms with van der Waals surface area (Å²) < 4.78 is 0. The number of aromatic hydroxyl groups is 1. The van der Waals surface area contributed by atoms with Gasteiger partial charge in [-0.2, -0.15) is 0 Å². The monoisotopic (exact) mass is 363 g/mol. The molecule has 16 heavy (non-hydrogen) atoms. The Balaban J connectivity index is -0.000000180. The summed E-state index contributed by atoms with van der Waals surface area (Å²) in [6.45, 7) is 0. The van der Waals surface area contributed by atoms with E-state index in [9.17, 15) is 15.0 Å². The molecule has 1 rings (SSSR count). The second-order valence-corrected chi connectivity index (χ2v) is 3.15. The van der Waals surface area contributed by atoms with Gasteiger partial charge in [-0.15, -0.1) is 11.8 Å². The van der Waals surface area contributed by atoms with E-state index in [0.29, 0.717) is 4.90 Å². The number of hydrogen-bond acceptors (Lipinski definition) is 4. The largest absolute Gasteiger partial charge is 1.00 e. The fourth-order valence-corrected chi connectivity index (χ4v) is 1.38. The van der Waals surface area contributed by atoms with Crippen LogP contribution in [0.3, 0.4) is 0 Å². The first-order valence-electron chi connectivity index (χ1n) is 3.31. The molecule has 0 saturated carbocycles. The zero-order chi connectivity index (χ0) is 8.97. The van der Waals surface area contributed by atoms with Crippen LogP contribution in [0.1, 0.15) is 0 Å². The number of phenols is 1. The molecule has 8 heteroatoms. The van der Waals surface area contributed by atoms with Crippen LogP contribution >= 0.6 is 11.8 Å². The quantitative estimate of drug-likeness (QED) is 0.427. The van der Waals surface area contributed by atoms with Crippen LogP contribution in [0.25, 0.3) is 0 Å². The topological polar surface area (TPSA) is 123 Å². The SMILES string of the molecule is O.O.O=C([O-])CSc1ccccc1O.[Na+].[Sb]. The van der Waals surface area contributed by atoms with Gasteiger partial charge in [0.05, 0.1) is 5.97 Å². The summed E-state index contributed by atoms with van der Waals surface area (Å²) in [6.07, 6.45) is 0. The predicted octanol–water partition coefficient (Wildman–Crippen LogP) is -4.79. The maximum absolute atomic E-state index is 10.1. The van der Waals surface area contributed by atoms with E-state index in [1.54, 1.807) is 18.2 Å². The third kappa shape index (κ3) is 9.78. The number of carbonyl (C=O) groups excluding carboxylic acids is 1. The average Bonchev–Trinajstić information content (AvgIpc) is 2.03. The van der Waals surface area contributed by atoms with Crippen molar-refractivity contribution in [1.82, 2.24) is 0 Å². The molecule has 85 valence electrons. The van der Waals surface area contributed by atoms with Gasteiger partial charge in [-0.05, 0) is 12.1 Å².